The first-order valence-corrected chi connectivity index (χ1v) is 10.9. The lowest BCUT2D eigenvalue weighted by Crippen LogP contribution is -2.47. The van der Waals surface area contributed by atoms with E-state index in [4.69, 9.17) is 21.1 Å². The van der Waals surface area contributed by atoms with Crippen LogP contribution >= 0.6 is 11.6 Å². The minimum atomic E-state index is -0.486. The number of aryl methyl sites for hydroxylation is 1. The summed E-state index contributed by atoms with van der Waals surface area (Å²) < 4.78 is 25.3. The molecule has 0 saturated carbocycles. The number of amides is 1. The summed E-state index contributed by atoms with van der Waals surface area (Å²) in [6.07, 6.45) is -0.0211. The Morgan fingerprint density at radius 1 is 1.38 bits per heavy atom. The summed E-state index contributed by atoms with van der Waals surface area (Å²) in [6.45, 7) is 7.36. The van der Waals surface area contributed by atoms with Crippen LogP contribution in [0.2, 0.25) is 5.02 Å². The van der Waals surface area contributed by atoms with Crippen molar-refractivity contribution in [2.75, 3.05) is 32.8 Å². The molecule has 2 unspecified atom stereocenters. The molecular formula is C23H27ClFN3O4. The molecule has 1 aliphatic rings. The molecule has 1 aliphatic heterocycles. The van der Waals surface area contributed by atoms with E-state index in [-0.39, 0.29) is 24.9 Å². The Bertz CT molecular complexity index is 967. The summed E-state index contributed by atoms with van der Waals surface area (Å²) in [5.74, 6) is -1.34. The van der Waals surface area contributed by atoms with Gasteiger partial charge < -0.3 is 14.8 Å². The van der Waals surface area contributed by atoms with Crippen molar-refractivity contribution in [2.45, 2.75) is 32.9 Å². The number of esters is 1. The van der Waals surface area contributed by atoms with E-state index < -0.39 is 23.7 Å². The predicted octanol–water partition coefficient (Wildman–Crippen LogP) is 3.55. The van der Waals surface area contributed by atoms with Gasteiger partial charge >= 0.3 is 5.97 Å². The van der Waals surface area contributed by atoms with Gasteiger partial charge in [-0.05, 0) is 45.0 Å². The lowest BCUT2D eigenvalue weighted by molar-refractivity contribution is -0.0346. The molecule has 2 atom stereocenters. The second-order valence-corrected chi connectivity index (χ2v) is 7.99. The molecule has 1 saturated heterocycles. The second-order valence-electron chi connectivity index (χ2n) is 7.59. The van der Waals surface area contributed by atoms with Crippen molar-refractivity contribution in [1.29, 1.82) is 0 Å². The molecule has 7 nitrogen and oxygen atoms in total. The summed E-state index contributed by atoms with van der Waals surface area (Å²) in [6, 6.07) is 7.06. The molecule has 0 spiro atoms. The summed E-state index contributed by atoms with van der Waals surface area (Å²) in [7, 11) is 0. The summed E-state index contributed by atoms with van der Waals surface area (Å²) in [4.78, 5) is 31.1. The highest BCUT2D eigenvalue weighted by Crippen LogP contribution is 2.31. The highest BCUT2D eigenvalue weighted by Gasteiger charge is 2.30. The highest BCUT2D eigenvalue weighted by atomic mass is 35.5. The van der Waals surface area contributed by atoms with E-state index in [2.05, 4.69) is 15.2 Å². The van der Waals surface area contributed by atoms with Crippen LogP contribution in [-0.2, 0) is 9.47 Å². The first-order valence-electron chi connectivity index (χ1n) is 10.5. The topological polar surface area (TPSA) is 80.8 Å². The standard InChI is InChI=1S/C23H27ClFN3O4/c1-4-31-23(30)16-8-9-19(27-15(16)3)22(29)26-12-20(28-10-11-32-14(2)13-28)21-17(24)6-5-7-18(21)25/h5-9,14,20H,4,10-13H2,1-3H3,(H,26,29). The Morgan fingerprint density at radius 2 is 2.16 bits per heavy atom. The van der Waals surface area contributed by atoms with Crippen molar-refractivity contribution < 1.29 is 23.5 Å². The van der Waals surface area contributed by atoms with Gasteiger partial charge in [0.05, 0.1) is 36.6 Å². The average Bonchev–Trinajstić information content (AvgIpc) is 2.75. The number of halogens is 2. The SMILES string of the molecule is CCOC(=O)c1ccc(C(=O)NCC(c2c(F)cccc2Cl)N2CCOC(C)C2)nc1C. The third kappa shape index (κ3) is 5.62. The smallest absolute Gasteiger partial charge is 0.339 e. The second kappa shape index (κ2) is 10.8. The van der Waals surface area contributed by atoms with Crippen LogP contribution in [0.5, 0.6) is 0 Å². The number of nitrogens with one attached hydrogen (secondary N) is 1. The van der Waals surface area contributed by atoms with Gasteiger partial charge in [0.1, 0.15) is 11.5 Å². The number of ether oxygens (including phenoxy) is 2. The van der Waals surface area contributed by atoms with E-state index in [1.807, 2.05) is 6.92 Å². The Labute approximate surface area is 191 Å². The van der Waals surface area contributed by atoms with E-state index in [9.17, 15) is 14.0 Å². The zero-order valence-electron chi connectivity index (χ0n) is 18.4. The van der Waals surface area contributed by atoms with Gasteiger partial charge in [-0.1, -0.05) is 17.7 Å². The van der Waals surface area contributed by atoms with Gasteiger partial charge in [0.15, 0.2) is 0 Å². The number of hydrogen-bond acceptors (Lipinski definition) is 6. The van der Waals surface area contributed by atoms with Crippen LogP contribution in [-0.4, -0.2) is 60.7 Å². The molecule has 172 valence electrons. The van der Waals surface area contributed by atoms with Crippen LogP contribution in [0.4, 0.5) is 4.39 Å². The molecule has 0 bridgehead atoms. The van der Waals surface area contributed by atoms with Gasteiger partial charge in [-0.15, -0.1) is 0 Å². The number of pyridine rings is 1. The minimum absolute atomic E-state index is 0.0211. The first kappa shape index (κ1) is 24.1. The third-order valence-electron chi connectivity index (χ3n) is 5.32. The minimum Gasteiger partial charge on any atom is -0.462 e. The van der Waals surface area contributed by atoms with Crippen molar-refractivity contribution >= 4 is 23.5 Å². The quantitative estimate of drug-likeness (QED) is 0.632. The van der Waals surface area contributed by atoms with Crippen molar-refractivity contribution in [1.82, 2.24) is 15.2 Å². The van der Waals surface area contributed by atoms with Crippen molar-refractivity contribution in [3.8, 4) is 0 Å². The lowest BCUT2D eigenvalue weighted by Gasteiger charge is -2.38. The van der Waals surface area contributed by atoms with Crippen LogP contribution in [0, 0.1) is 12.7 Å². The summed E-state index contributed by atoms with van der Waals surface area (Å²) in [5.41, 5.74) is 1.20. The molecule has 2 heterocycles. The Morgan fingerprint density at radius 3 is 2.81 bits per heavy atom. The van der Waals surface area contributed by atoms with Crippen LogP contribution in [0.1, 0.15) is 52.0 Å². The molecule has 1 N–H and O–H groups in total. The number of aromatic nitrogens is 1. The fraction of sp³-hybridized carbons (Fsp3) is 0.435. The van der Waals surface area contributed by atoms with Gasteiger partial charge in [-0.2, -0.15) is 0 Å². The maximum absolute atomic E-state index is 14.7. The number of carbonyl (C=O) groups excluding carboxylic acids is 2. The Hall–Kier alpha value is -2.55. The van der Waals surface area contributed by atoms with Crippen LogP contribution in [0.15, 0.2) is 30.3 Å². The Kier molecular flexibility index (Phi) is 8.17. The van der Waals surface area contributed by atoms with Crippen LogP contribution < -0.4 is 5.32 Å². The monoisotopic (exact) mass is 463 g/mol. The predicted molar refractivity (Wildman–Crippen MR) is 118 cm³/mol. The maximum atomic E-state index is 14.7. The van der Waals surface area contributed by atoms with Crippen molar-refractivity contribution in [3.63, 3.8) is 0 Å². The van der Waals surface area contributed by atoms with Crippen LogP contribution in [0.3, 0.4) is 0 Å². The van der Waals surface area contributed by atoms with E-state index in [1.165, 1.54) is 18.2 Å². The molecule has 1 aromatic heterocycles. The highest BCUT2D eigenvalue weighted by molar-refractivity contribution is 6.31. The number of morpholine rings is 1. The normalized spacial score (nSPS) is 17.6. The molecule has 1 aromatic carbocycles. The lowest BCUT2D eigenvalue weighted by atomic mass is 10.0. The average molecular weight is 464 g/mol. The molecule has 9 heteroatoms. The van der Waals surface area contributed by atoms with E-state index in [0.717, 1.165) is 0 Å². The van der Waals surface area contributed by atoms with Gasteiger partial charge in [0.2, 0.25) is 0 Å². The first-order chi connectivity index (χ1) is 15.3. The van der Waals surface area contributed by atoms with E-state index >= 15 is 0 Å². The van der Waals surface area contributed by atoms with Crippen molar-refractivity contribution in [3.05, 3.63) is 63.7 Å². The van der Waals surface area contributed by atoms with Crippen molar-refractivity contribution in [2.24, 2.45) is 0 Å². The summed E-state index contributed by atoms with van der Waals surface area (Å²) >= 11 is 6.34. The number of rotatable bonds is 7. The zero-order chi connectivity index (χ0) is 23.3. The maximum Gasteiger partial charge on any atom is 0.339 e. The van der Waals surface area contributed by atoms with E-state index in [0.29, 0.717) is 41.5 Å². The number of carbonyl (C=O) groups is 2. The molecule has 3 rings (SSSR count). The Balaban J connectivity index is 1.79. The van der Waals surface area contributed by atoms with E-state index in [1.54, 1.807) is 26.0 Å². The molecule has 1 fully saturated rings. The zero-order valence-corrected chi connectivity index (χ0v) is 19.1. The number of hydrogen-bond donors (Lipinski definition) is 1. The number of benzene rings is 1. The van der Waals surface area contributed by atoms with Gasteiger partial charge in [0, 0.05) is 30.2 Å². The van der Waals surface area contributed by atoms with Gasteiger partial charge in [0.25, 0.3) is 5.91 Å². The molecule has 32 heavy (non-hydrogen) atoms. The van der Waals surface area contributed by atoms with Crippen LogP contribution in [0.25, 0.3) is 0 Å². The third-order valence-corrected chi connectivity index (χ3v) is 5.65. The fourth-order valence-electron chi connectivity index (χ4n) is 3.76. The fourth-order valence-corrected chi connectivity index (χ4v) is 4.05. The number of nitrogens with zero attached hydrogens (tertiary/aromatic N) is 2. The molecule has 2 aromatic rings. The van der Waals surface area contributed by atoms with Gasteiger partial charge in [-0.25, -0.2) is 14.2 Å². The molecule has 0 radical (unpaired) electrons. The molecule has 1 amide bonds. The summed E-state index contributed by atoms with van der Waals surface area (Å²) in [5, 5.41) is 3.14. The molecule has 0 aliphatic carbocycles. The van der Waals surface area contributed by atoms with Gasteiger partial charge in [-0.3, -0.25) is 9.69 Å². The largest absolute Gasteiger partial charge is 0.462 e. The molecular weight excluding hydrogens is 437 g/mol.